The molecule has 0 amide bonds. The molecule has 0 aliphatic rings. The second-order valence-corrected chi connectivity index (χ2v) is 3.18. The highest BCUT2D eigenvalue weighted by molar-refractivity contribution is 5.26. The van der Waals surface area contributed by atoms with Crippen molar-refractivity contribution in [3.8, 4) is 0 Å². The molecule has 0 aliphatic carbocycles. The molecule has 1 aromatic heterocycles. The molecule has 1 rings (SSSR count). The number of aromatic nitrogens is 2. The molecule has 78 valence electrons. The van der Waals surface area contributed by atoms with E-state index in [2.05, 4.69) is 5.10 Å². The Bertz CT molecular complexity index is 381. The Balaban J connectivity index is 3.46. The van der Waals surface area contributed by atoms with Gasteiger partial charge in [-0.1, -0.05) is 13.8 Å². The number of nitrogens with zero attached hydrogens (tertiary/aromatic N) is 1. The summed E-state index contributed by atoms with van der Waals surface area (Å²) in [5, 5.41) is 5.12. The minimum absolute atomic E-state index is 0.0822. The summed E-state index contributed by atoms with van der Waals surface area (Å²) in [6, 6.07) is 0. The van der Waals surface area contributed by atoms with E-state index >= 15 is 0 Å². The summed E-state index contributed by atoms with van der Waals surface area (Å²) in [5.74, 6) is -0.388. The fourth-order valence-corrected chi connectivity index (χ4v) is 1.14. The molecule has 0 fully saturated rings. The van der Waals surface area contributed by atoms with Gasteiger partial charge < -0.3 is 0 Å². The number of nitrogens with one attached hydrogen (secondary N) is 1. The lowest BCUT2D eigenvalue weighted by atomic mass is 10.0. The van der Waals surface area contributed by atoms with Gasteiger partial charge in [0.15, 0.2) is 0 Å². The summed E-state index contributed by atoms with van der Waals surface area (Å²) in [7, 11) is 0. The van der Waals surface area contributed by atoms with E-state index in [1.807, 2.05) is 0 Å². The summed E-state index contributed by atoms with van der Waals surface area (Å²) in [6.07, 6.45) is -3.59. The number of alkyl halides is 3. The van der Waals surface area contributed by atoms with Gasteiger partial charge in [-0.3, -0.25) is 4.79 Å². The third-order valence-electron chi connectivity index (χ3n) is 1.79. The van der Waals surface area contributed by atoms with Crippen LogP contribution in [-0.4, -0.2) is 10.2 Å². The van der Waals surface area contributed by atoms with Gasteiger partial charge >= 0.3 is 6.18 Å². The molecule has 0 aliphatic heterocycles. The average Bonchev–Trinajstić information content (AvgIpc) is 2.01. The first kappa shape index (κ1) is 10.7. The maximum atomic E-state index is 12.4. The standard InChI is InChI=1S/C8H9F3N2O/c1-4(2)5-3-12-13-7(14)6(5)8(9,10)11/h3-4H,1-2H3,(H,13,14). The molecule has 0 aromatic carbocycles. The van der Waals surface area contributed by atoms with Crippen molar-refractivity contribution in [3.05, 3.63) is 27.7 Å². The second-order valence-electron chi connectivity index (χ2n) is 3.18. The number of rotatable bonds is 1. The van der Waals surface area contributed by atoms with Crippen LogP contribution in [0.25, 0.3) is 0 Å². The van der Waals surface area contributed by atoms with Crippen LogP contribution in [-0.2, 0) is 6.18 Å². The number of hydrogen-bond donors (Lipinski definition) is 1. The van der Waals surface area contributed by atoms with Crippen molar-refractivity contribution < 1.29 is 13.2 Å². The van der Waals surface area contributed by atoms with Crippen LogP contribution in [0.15, 0.2) is 11.0 Å². The Hall–Kier alpha value is -1.33. The molecule has 0 unspecified atom stereocenters. The van der Waals surface area contributed by atoms with E-state index in [4.69, 9.17) is 0 Å². The number of aromatic amines is 1. The largest absolute Gasteiger partial charge is 0.422 e. The highest BCUT2D eigenvalue weighted by Gasteiger charge is 2.37. The van der Waals surface area contributed by atoms with Crippen LogP contribution in [0.3, 0.4) is 0 Å². The molecule has 0 bridgehead atoms. The van der Waals surface area contributed by atoms with Crippen molar-refractivity contribution in [2.24, 2.45) is 0 Å². The van der Waals surface area contributed by atoms with Crippen LogP contribution < -0.4 is 5.56 Å². The van der Waals surface area contributed by atoms with Gasteiger partial charge in [-0.05, 0) is 11.5 Å². The predicted octanol–water partition coefficient (Wildman–Crippen LogP) is 1.91. The fraction of sp³-hybridized carbons (Fsp3) is 0.500. The van der Waals surface area contributed by atoms with Gasteiger partial charge in [-0.25, -0.2) is 5.10 Å². The third-order valence-corrected chi connectivity index (χ3v) is 1.79. The zero-order chi connectivity index (χ0) is 10.9. The Labute approximate surface area is 78.0 Å². The zero-order valence-electron chi connectivity index (χ0n) is 7.64. The van der Waals surface area contributed by atoms with Gasteiger partial charge in [0.05, 0.1) is 6.20 Å². The smallest absolute Gasteiger partial charge is 0.267 e. The van der Waals surface area contributed by atoms with Crippen molar-refractivity contribution >= 4 is 0 Å². The van der Waals surface area contributed by atoms with Gasteiger partial charge in [0.1, 0.15) is 5.56 Å². The van der Waals surface area contributed by atoms with Gasteiger partial charge in [0.25, 0.3) is 5.56 Å². The van der Waals surface area contributed by atoms with Crippen molar-refractivity contribution in [3.63, 3.8) is 0 Å². The Morgan fingerprint density at radius 2 is 2.00 bits per heavy atom. The van der Waals surface area contributed by atoms with E-state index in [1.54, 1.807) is 18.9 Å². The normalized spacial score (nSPS) is 12.1. The quantitative estimate of drug-likeness (QED) is 0.762. The zero-order valence-corrected chi connectivity index (χ0v) is 7.64. The number of halogens is 3. The van der Waals surface area contributed by atoms with Gasteiger partial charge in [-0.15, -0.1) is 0 Å². The molecular formula is C8H9F3N2O. The molecule has 0 saturated heterocycles. The molecular weight excluding hydrogens is 197 g/mol. The molecule has 0 saturated carbocycles. The number of hydrogen-bond acceptors (Lipinski definition) is 2. The lowest BCUT2D eigenvalue weighted by Gasteiger charge is -2.12. The van der Waals surface area contributed by atoms with Crippen molar-refractivity contribution in [2.45, 2.75) is 25.9 Å². The minimum Gasteiger partial charge on any atom is -0.267 e. The van der Waals surface area contributed by atoms with Gasteiger partial charge in [-0.2, -0.15) is 18.3 Å². The second kappa shape index (κ2) is 3.43. The first-order valence-corrected chi connectivity index (χ1v) is 3.98. The SMILES string of the molecule is CC(C)c1cn[nH]c(=O)c1C(F)(F)F. The third kappa shape index (κ3) is 1.94. The van der Waals surface area contributed by atoms with Crippen molar-refractivity contribution in [1.29, 1.82) is 0 Å². The monoisotopic (exact) mass is 206 g/mol. The maximum Gasteiger partial charge on any atom is 0.422 e. The van der Waals surface area contributed by atoms with Crippen LogP contribution in [0, 0.1) is 0 Å². The number of H-pyrrole nitrogens is 1. The van der Waals surface area contributed by atoms with Crippen LogP contribution in [0.5, 0.6) is 0 Å². The molecule has 3 nitrogen and oxygen atoms in total. The van der Waals surface area contributed by atoms with Crippen LogP contribution in [0.4, 0.5) is 13.2 Å². The molecule has 14 heavy (non-hydrogen) atoms. The first-order chi connectivity index (χ1) is 6.34. The fourth-order valence-electron chi connectivity index (χ4n) is 1.14. The summed E-state index contributed by atoms with van der Waals surface area (Å²) < 4.78 is 37.3. The van der Waals surface area contributed by atoms with E-state index in [1.165, 1.54) is 0 Å². The molecule has 0 spiro atoms. The molecule has 1 N–H and O–H groups in total. The molecule has 1 heterocycles. The first-order valence-electron chi connectivity index (χ1n) is 3.98. The highest BCUT2D eigenvalue weighted by atomic mass is 19.4. The van der Waals surface area contributed by atoms with Crippen molar-refractivity contribution in [1.82, 2.24) is 10.2 Å². The van der Waals surface area contributed by atoms with E-state index in [9.17, 15) is 18.0 Å². The maximum absolute atomic E-state index is 12.4. The van der Waals surface area contributed by atoms with E-state index < -0.39 is 17.3 Å². The summed E-state index contributed by atoms with van der Waals surface area (Å²) in [5.41, 5.74) is -2.42. The van der Waals surface area contributed by atoms with Crippen LogP contribution in [0.2, 0.25) is 0 Å². The molecule has 0 atom stereocenters. The van der Waals surface area contributed by atoms with Crippen molar-refractivity contribution in [2.75, 3.05) is 0 Å². The topological polar surface area (TPSA) is 45.8 Å². The van der Waals surface area contributed by atoms with Gasteiger partial charge in [0, 0.05) is 0 Å². The van der Waals surface area contributed by atoms with E-state index in [0.717, 1.165) is 6.20 Å². The average molecular weight is 206 g/mol. The predicted molar refractivity (Wildman–Crippen MR) is 43.9 cm³/mol. The summed E-state index contributed by atoms with van der Waals surface area (Å²) >= 11 is 0. The Morgan fingerprint density at radius 3 is 2.36 bits per heavy atom. The summed E-state index contributed by atoms with van der Waals surface area (Å²) in [6.45, 7) is 3.15. The molecule has 1 aromatic rings. The Morgan fingerprint density at radius 1 is 1.43 bits per heavy atom. The van der Waals surface area contributed by atoms with Crippen LogP contribution in [0.1, 0.15) is 30.9 Å². The lowest BCUT2D eigenvalue weighted by molar-refractivity contribution is -0.139. The molecule has 0 radical (unpaired) electrons. The van der Waals surface area contributed by atoms with E-state index in [-0.39, 0.29) is 11.5 Å². The molecule has 6 heteroatoms. The minimum atomic E-state index is -4.63. The Kier molecular flexibility index (Phi) is 2.64. The van der Waals surface area contributed by atoms with Crippen LogP contribution >= 0.6 is 0 Å². The summed E-state index contributed by atoms with van der Waals surface area (Å²) in [4.78, 5) is 11.0. The van der Waals surface area contributed by atoms with Gasteiger partial charge in [0.2, 0.25) is 0 Å². The lowest BCUT2D eigenvalue weighted by Crippen LogP contribution is -2.25. The highest BCUT2D eigenvalue weighted by Crippen LogP contribution is 2.31. The van der Waals surface area contributed by atoms with E-state index in [0.29, 0.717) is 0 Å².